The maximum atomic E-state index is 5.01. The van der Waals surface area contributed by atoms with Gasteiger partial charge in [0.15, 0.2) is 0 Å². The standard InChI is InChI=1S/C9H12S/c1-4-5-6-7-9(10)8(2)3/h1,5-6,10H,7H2,2-3H3/b6-5-. The van der Waals surface area contributed by atoms with Crippen LogP contribution >= 0.6 is 12.6 Å². The minimum atomic E-state index is 0.843. The summed E-state index contributed by atoms with van der Waals surface area (Å²) in [6.45, 7) is 4.07. The van der Waals surface area contributed by atoms with E-state index in [0.717, 1.165) is 11.3 Å². The minimum absolute atomic E-state index is 0.843. The van der Waals surface area contributed by atoms with Gasteiger partial charge in [-0.15, -0.1) is 19.1 Å². The predicted octanol–water partition coefficient (Wildman–Crippen LogP) is 2.79. The second-order valence-corrected chi connectivity index (χ2v) is 2.76. The molecule has 0 saturated heterocycles. The van der Waals surface area contributed by atoms with Crippen molar-refractivity contribution >= 4 is 12.6 Å². The second kappa shape index (κ2) is 5.20. The molecule has 0 fully saturated rings. The molecule has 0 bridgehead atoms. The smallest absolute Gasteiger partial charge is 0.00311 e. The second-order valence-electron chi connectivity index (χ2n) is 2.22. The van der Waals surface area contributed by atoms with E-state index in [1.54, 1.807) is 6.08 Å². The Kier molecular flexibility index (Phi) is 4.88. The fraction of sp³-hybridized carbons (Fsp3) is 0.333. The molecule has 0 heterocycles. The zero-order valence-corrected chi connectivity index (χ0v) is 7.28. The summed E-state index contributed by atoms with van der Waals surface area (Å²) >= 11 is 4.26. The van der Waals surface area contributed by atoms with E-state index in [0.29, 0.717) is 0 Å². The van der Waals surface area contributed by atoms with Crippen LogP contribution in [-0.2, 0) is 0 Å². The topological polar surface area (TPSA) is 0 Å². The van der Waals surface area contributed by atoms with E-state index in [9.17, 15) is 0 Å². The van der Waals surface area contributed by atoms with Crippen LogP contribution in [0.5, 0.6) is 0 Å². The highest BCUT2D eigenvalue weighted by Gasteiger charge is 1.87. The first-order chi connectivity index (χ1) is 4.68. The highest BCUT2D eigenvalue weighted by Crippen LogP contribution is 2.12. The van der Waals surface area contributed by atoms with E-state index in [4.69, 9.17) is 6.42 Å². The average Bonchev–Trinajstić information content (AvgIpc) is 1.88. The quantitative estimate of drug-likeness (QED) is 0.456. The first-order valence-corrected chi connectivity index (χ1v) is 3.59. The Morgan fingerprint density at radius 3 is 2.60 bits per heavy atom. The summed E-state index contributed by atoms with van der Waals surface area (Å²) in [5, 5.41) is 0. The molecule has 1 heteroatoms. The maximum absolute atomic E-state index is 5.01. The van der Waals surface area contributed by atoms with E-state index >= 15 is 0 Å². The van der Waals surface area contributed by atoms with E-state index < -0.39 is 0 Å². The van der Waals surface area contributed by atoms with Gasteiger partial charge >= 0.3 is 0 Å². The van der Waals surface area contributed by atoms with Gasteiger partial charge in [0.1, 0.15) is 0 Å². The highest BCUT2D eigenvalue weighted by molar-refractivity contribution is 7.84. The first kappa shape index (κ1) is 9.39. The predicted molar refractivity (Wildman–Crippen MR) is 50.0 cm³/mol. The lowest BCUT2D eigenvalue weighted by Gasteiger charge is -1.95. The van der Waals surface area contributed by atoms with Crippen molar-refractivity contribution in [1.82, 2.24) is 0 Å². The molecule has 0 aromatic heterocycles. The van der Waals surface area contributed by atoms with Gasteiger partial charge in [0, 0.05) is 0 Å². The van der Waals surface area contributed by atoms with Crippen LogP contribution < -0.4 is 0 Å². The van der Waals surface area contributed by atoms with E-state index in [1.165, 1.54) is 5.57 Å². The van der Waals surface area contributed by atoms with E-state index in [2.05, 4.69) is 18.5 Å². The van der Waals surface area contributed by atoms with Crippen molar-refractivity contribution in [2.24, 2.45) is 0 Å². The third-order valence-corrected chi connectivity index (χ3v) is 1.73. The van der Waals surface area contributed by atoms with Gasteiger partial charge < -0.3 is 0 Å². The van der Waals surface area contributed by atoms with Crippen molar-refractivity contribution in [3.05, 3.63) is 22.6 Å². The van der Waals surface area contributed by atoms with Gasteiger partial charge in [0.25, 0.3) is 0 Å². The lowest BCUT2D eigenvalue weighted by molar-refractivity contribution is 1.26. The molecule has 0 amide bonds. The molecule has 0 saturated carbocycles. The molecule has 0 unspecified atom stereocenters. The molecule has 0 atom stereocenters. The summed E-state index contributed by atoms with van der Waals surface area (Å²) in [6.07, 6.45) is 9.48. The number of thiol groups is 1. The molecular weight excluding hydrogens is 140 g/mol. The molecule has 0 aliphatic rings. The van der Waals surface area contributed by atoms with Crippen LogP contribution in [0, 0.1) is 12.3 Å². The lowest BCUT2D eigenvalue weighted by Crippen LogP contribution is -1.72. The van der Waals surface area contributed by atoms with Gasteiger partial charge in [-0.05, 0) is 31.2 Å². The Morgan fingerprint density at radius 2 is 2.20 bits per heavy atom. The normalized spacial score (nSPS) is 9.40. The van der Waals surface area contributed by atoms with Crippen LogP contribution in [0.1, 0.15) is 20.3 Å². The number of rotatable bonds is 2. The van der Waals surface area contributed by atoms with Crippen LogP contribution in [0.25, 0.3) is 0 Å². The molecule has 0 aromatic carbocycles. The van der Waals surface area contributed by atoms with Gasteiger partial charge in [-0.3, -0.25) is 0 Å². The van der Waals surface area contributed by atoms with Crippen molar-refractivity contribution in [2.75, 3.05) is 0 Å². The van der Waals surface area contributed by atoms with Crippen LogP contribution in [-0.4, -0.2) is 0 Å². The molecule has 0 aliphatic heterocycles. The van der Waals surface area contributed by atoms with Gasteiger partial charge in [0.05, 0.1) is 0 Å². The molecule has 0 aliphatic carbocycles. The van der Waals surface area contributed by atoms with Gasteiger partial charge in [-0.2, -0.15) is 0 Å². The van der Waals surface area contributed by atoms with Crippen LogP contribution in [0.15, 0.2) is 22.6 Å². The highest BCUT2D eigenvalue weighted by atomic mass is 32.1. The Hall–Kier alpha value is -0.610. The lowest BCUT2D eigenvalue weighted by atomic mass is 10.2. The van der Waals surface area contributed by atoms with Crippen molar-refractivity contribution in [1.29, 1.82) is 0 Å². The van der Waals surface area contributed by atoms with Crippen LogP contribution in [0.3, 0.4) is 0 Å². The summed E-state index contributed by atoms with van der Waals surface area (Å²) in [5.74, 6) is 2.42. The molecule has 0 spiro atoms. The number of terminal acetylenes is 1. The molecule has 0 aromatic rings. The largest absolute Gasteiger partial charge is 0.148 e. The number of allylic oxidation sites excluding steroid dienone is 4. The molecule has 0 radical (unpaired) electrons. The summed E-state index contributed by atoms with van der Waals surface area (Å²) in [5.41, 5.74) is 1.24. The molecule has 0 rings (SSSR count). The Bertz CT molecular complexity index is 187. The number of hydrogen-bond donors (Lipinski definition) is 1. The summed E-state index contributed by atoms with van der Waals surface area (Å²) in [7, 11) is 0. The summed E-state index contributed by atoms with van der Waals surface area (Å²) < 4.78 is 0. The average molecular weight is 152 g/mol. The van der Waals surface area contributed by atoms with Crippen molar-refractivity contribution < 1.29 is 0 Å². The van der Waals surface area contributed by atoms with Crippen LogP contribution in [0.4, 0.5) is 0 Å². The molecule has 54 valence electrons. The van der Waals surface area contributed by atoms with Crippen molar-refractivity contribution in [3.8, 4) is 12.3 Å². The maximum Gasteiger partial charge on any atom is -0.00311 e. The van der Waals surface area contributed by atoms with Gasteiger partial charge in [-0.25, -0.2) is 0 Å². The van der Waals surface area contributed by atoms with E-state index in [-0.39, 0.29) is 0 Å². The Morgan fingerprint density at radius 1 is 1.60 bits per heavy atom. The van der Waals surface area contributed by atoms with Gasteiger partial charge in [0.2, 0.25) is 0 Å². The SMILES string of the molecule is C#C/C=C\CC(S)=C(C)C. The summed E-state index contributed by atoms with van der Waals surface area (Å²) in [4.78, 5) is 1.09. The third kappa shape index (κ3) is 4.29. The van der Waals surface area contributed by atoms with E-state index in [1.807, 2.05) is 19.9 Å². The first-order valence-electron chi connectivity index (χ1n) is 3.15. The van der Waals surface area contributed by atoms with Crippen molar-refractivity contribution in [3.63, 3.8) is 0 Å². The monoisotopic (exact) mass is 152 g/mol. The molecular formula is C9H12S. The number of hydrogen-bond acceptors (Lipinski definition) is 1. The molecule has 0 nitrogen and oxygen atoms in total. The zero-order chi connectivity index (χ0) is 7.98. The molecule has 0 N–H and O–H groups in total. The Balaban J connectivity index is 3.85. The zero-order valence-electron chi connectivity index (χ0n) is 6.39. The Labute approximate surface area is 68.4 Å². The van der Waals surface area contributed by atoms with Crippen molar-refractivity contribution in [2.45, 2.75) is 20.3 Å². The minimum Gasteiger partial charge on any atom is -0.148 e. The fourth-order valence-corrected chi connectivity index (χ4v) is 0.548. The van der Waals surface area contributed by atoms with Gasteiger partial charge in [-0.1, -0.05) is 17.6 Å². The van der Waals surface area contributed by atoms with Crippen LogP contribution in [0.2, 0.25) is 0 Å². The fourth-order valence-electron chi connectivity index (χ4n) is 0.443. The summed E-state index contributed by atoms with van der Waals surface area (Å²) in [6, 6.07) is 0. The third-order valence-electron chi connectivity index (χ3n) is 1.10. The molecule has 10 heavy (non-hydrogen) atoms.